The summed E-state index contributed by atoms with van der Waals surface area (Å²) in [5, 5.41) is 2.51. The zero-order valence-electron chi connectivity index (χ0n) is 14.9. The summed E-state index contributed by atoms with van der Waals surface area (Å²) in [4.78, 5) is 11.6. The van der Waals surface area contributed by atoms with Crippen molar-refractivity contribution in [3.63, 3.8) is 0 Å². The van der Waals surface area contributed by atoms with E-state index in [2.05, 4.69) is 5.32 Å². The predicted molar refractivity (Wildman–Crippen MR) is 95.9 cm³/mol. The molecule has 142 valence electrons. The number of carbonyl (C=O) groups excluding carboxylic acids is 1. The summed E-state index contributed by atoms with van der Waals surface area (Å²) >= 11 is 0. The van der Waals surface area contributed by atoms with E-state index >= 15 is 0 Å². The Morgan fingerprint density at radius 1 is 1.08 bits per heavy atom. The summed E-state index contributed by atoms with van der Waals surface area (Å²) in [5.74, 6) is -0.264. The van der Waals surface area contributed by atoms with Crippen molar-refractivity contribution in [2.75, 3.05) is 18.6 Å². The van der Waals surface area contributed by atoms with E-state index in [-0.39, 0.29) is 29.4 Å². The van der Waals surface area contributed by atoms with Crippen LogP contribution >= 0.6 is 0 Å². The monoisotopic (exact) mass is 391 g/mol. The van der Waals surface area contributed by atoms with Gasteiger partial charge in [0.15, 0.2) is 19.7 Å². The highest BCUT2D eigenvalue weighted by Crippen LogP contribution is 2.13. The number of nitrogens with one attached hydrogen (secondary N) is 1. The Morgan fingerprint density at radius 3 is 2.12 bits per heavy atom. The molecule has 25 heavy (non-hydrogen) atoms. The highest BCUT2D eigenvalue weighted by Gasteiger charge is 2.17. The van der Waals surface area contributed by atoms with Crippen molar-refractivity contribution in [3.05, 3.63) is 29.8 Å². The van der Waals surface area contributed by atoms with Crippen molar-refractivity contribution in [1.82, 2.24) is 5.32 Å². The third-order valence-corrected chi connectivity index (χ3v) is 5.85. The standard InChI is InChI=1S/C16H25NO6S2/c1-16(2,3)23-15(18)17-10-5-11-25(21,22)12-13-6-8-14(9-7-13)24(4,19)20/h6-9H,5,10-12H2,1-4H3,(H,17,18). The van der Waals surface area contributed by atoms with Crippen LogP contribution in [0.4, 0.5) is 4.79 Å². The van der Waals surface area contributed by atoms with Gasteiger partial charge in [-0.25, -0.2) is 21.6 Å². The molecule has 0 saturated heterocycles. The molecule has 1 aromatic carbocycles. The van der Waals surface area contributed by atoms with Gasteiger partial charge in [0.25, 0.3) is 0 Å². The van der Waals surface area contributed by atoms with Crippen molar-refractivity contribution < 1.29 is 26.4 Å². The zero-order valence-corrected chi connectivity index (χ0v) is 16.5. The quantitative estimate of drug-likeness (QED) is 0.712. The molecular weight excluding hydrogens is 366 g/mol. The lowest BCUT2D eigenvalue weighted by Gasteiger charge is -2.19. The first-order chi connectivity index (χ1) is 11.3. The highest BCUT2D eigenvalue weighted by atomic mass is 32.2. The minimum absolute atomic E-state index is 0.0867. The lowest BCUT2D eigenvalue weighted by molar-refractivity contribution is 0.0528. The summed E-state index contributed by atoms with van der Waals surface area (Å²) in [6.07, 6.45) is 0.778. The van der Waals surface area contributed by atoms with Gasteiger partial charge in [-0.1, -0.05) is 12.1 Å². The number of carbonyl (C=O) groups is 1. The van der Waals surface area contributed by atoms with E-state index in [1.165, 1.54) is 24.3 Å². The molecule has 1 aromatic rings. The lowest BCUT2D eigenvalue weighted by Crippen LogP contribution is -2.33. The molecule has 0 aliphatic carbocycles. The summed E-state index contributed by atoms with van der Waals surface area (Å²) in [6, 6.07) is 5.77. The second-order valence-corrected chi connectivity index (χ2v) is 11.0. The van der Waals surface area contributed by atoms with Crippen molar-refractivity contribution in [1.29, 1.82) is 0 Å². The largest absolute Gasteiger partial charge is 0.444 e. The Morgan fingerprint density at radius 2 is 1.64 bits per heavy atom. The number of sulfone groups is 2. The van der Waals surface area contributed by atoms with Crippen LogP contribution < -0.4 is 5.32 Å². The van der Waals surface area contributed by atoms with E-state index in [0.29, 0.717) is 5.56 Å². The van der Waals surface area contributed by atoms with Crippen LogP contribution in [0.5, 0.6) is 0 Å². The molecule has 0 heterocycles. The molecule has 0 fully saturated rings. The molecule has 7 nitrogen and oxygen atoms in total. The molecule has 0 aliphatic heterocycles. The third kappa shape index (κ3) is 8.87. The summed E-state index contributed by atoms with van der Waals surface area (Å²) in [5.41, 5.74) is -0.0821. The Labute approximate surface area is 149 Å². The first-order valence-electron chi connectivity index (χ1n) is 7.75. The average molecular weight is 392 g/mol. The number of rotatable bonds is 7. The highest BCUT2D eigenvalue weighted by molar-refractivity contribution is 7.91. The third-order valence-electron chi connectivity index (χ3n) is 3.04. The van der Waals surface area contributed by atoms with Gasteiger partial charge in [-0.05, 0) is 44.9 Å². The van der Waals surface area contributed by atoms with E-state index < -0.39 is 31.4 Å². The molecule has 0 atom stereocenters. The predicted octanol–water partition coefficient (Wildman–Crippen LogP) is 1.92. The summed E-state index contributed by atoms with van der Waals surface area (Å²) in [7, 11) is -6.66. The van der Waals surface area contributed by atoms with Crippen LogP contribution in [-0.4, -0.2) is 47.1 Å². The fourth-order valence-corrected chi connectivity index (χ4v) is 4.01. The van der Waals surface area contributed by atoms with Gasteiger partial charge in [0.05, 0.1) is 16.4 Å². The van der Waals surface area contributed by atoms with Gasteiger partial charge in [0, 0.05) is 12.8 Å². The zero-order chi connectivity index (χ0) is 19.3. The van der Waals surface area contributed by atoms with Crippen LogP contribution in [0.15, 0.2) is 29.2 Å². The Kier molecular flexibility index (Phi) is 7.01. The van der Waals surface area contributed by atoms with Crippen LogP contribution in [-0.2, 0) is 30.2 Å². The average Bonchev–Trinajstić information content (AvgIpc) is 2.41. The van der Waals surface area contributed by atoms with Crippen LogP contribution in [0, 0.1) is 0 Å². The van der Waals surface area contributed by atoms with Crippen molar-refractivity contribution in [3.8, 4) is 0 Å². The van der Waals surface area contributed by atoms with Crippen LogP contribution in [0.25, 0.3) is 0 Å². The Hall–Kier alpha value is -1.61. The molecule has 0 aromatic heterocycles. The number of hydrogen-bond acceptors (Lipinski definition) is 6. The number of benzene rings is 1. The molecule has 0 unspecified atom stereocenters. The number of hydrogen-bond donors (Lipinski definition) is 1. The maximum absolute atomic E-state index is 12.1. The second-order valence-electron chi connectivity index (χ2n) is 6.79. The molecule has 9 heteroatoms. The smallest absolute Gasteiger partial charge is 0.407 e. The minimum Gasteiger partial charge on any atom is -0.444 e. The van der Waals surface area contributed by atoms with Crippen LogP contribution in [0.2, 0.25) is 0 Å². The number of ether oxygens (including phenoxy) is 1. The fraction of sp³-hybridized carbons (Fsp3) is 0.562. The van der Waals surface area contributed by atoms with E-state index in [9.17, 15) is 21.6 Å². The van der Waals surface area contributed by atoms with Crippen LogP contribution in [0.3, 0.4) is 0 Å². The Bertz CT molecular complexity index is 790. The summed E-state index contributed by atoms with van der Waals surface area (Å²) in [6.45, 7) is 5.42. The normalized spacial score (nSPS) is 12.6. The van der Waals surface area contributed by atoms with Gasteiger partial charge in [0.2, 0.25) is 0 Å². The van der Waals surface area contributed by atoms with E-state index in [1.54, 1.807) is 20.8 Å². The fourth-order valence-electron chi connectivity index (χ4n) is 1.96. The first kappa shape index (κ1) is 21.4. The van der Waals surface area contributed by atoms with Gasteiger partial charge in [-0.3, -0.25) is 0 Å². The Balaban J connectivity index is 2.48. The molecule has 0 saturated carbocycles. The van der Waals surface area contributed by atoms with Crippen molar-refractivity contribution in [2.24, 2.45) is 0 Å². The van der Waals surface area contributed by atoms with Gasteiger partial charge in [-0.15, -0.1) is 0 Å². The van der Waals surface area contributed by atoms with Crippen molar-refractivity contribution in [2.45, 2.75) is 43.4 Å². The molecule has 1 rings (SSSR count). The maximum Gasteiger partial charge on any atom is 0.407 e. The van der Waals surface area contributed by atoms with Gasteiger partial charge in [0.1, 0.15) is 5.60 Å². The molecule has 1 N–H and O–H groups in total. The second kappa shape index (κ2) is 8.18. The number of alkyl carbamates (subject to hydrolysis) is 1. The first-order valence-corrected chi connectivity index (χ1v) is 11.5. The molecule has 1 amide bonds. The van der Waals surface area contributed by atoms with E-state index in [0.717, 1.165) is 6.26 Å². The van der Waals surface area contributed by atoms with Crippen LogP contribution in [0.1, 0.15) is 32.8 Å². The lowest BCUT2D eigenvalue weighted by atomic mass is 10.2. The number of amides is 1. The molecule has 0 aliphatic rings. The van der Waals surface area contributed by atoms with Gasteiger partial charge < -0.3 is 10.1 Å². The minimum atomic E-state index is -3.36. The maximum atomic E-state index is 12.1. The van der Waals surface area contributed by atoms with Gasteiger partial charge in [-0.2, -0.15) is 0 Å². The summed E-state index contributed by atoms with van der Waals surface area (Å²) < 4.78 is 52.0. The SMILES string of the molecule is CC(C)(C)OC(=O)NCCCS(=O)(=O)Cc1ccc(S(C)(=O)=O)cc1. The molecule has 0 bridgehead atoms. The topological polar surface area (TPSA) is 107 Å². The molecular formula is C16H25NO6S2. The van der Waals surface area contributed by atoms with E-state index in [4.69, 9.17) is 4.74 Å². The molecule has 0 spiro atoms. The van der Waals surface area contributed by atoms with Crippen molar-refractivity contribution >= 4 is 25.8 Å². The van der Waals surface area contributed by atoms with E-state index in [1.807, 2.05) is 0 Å². The molecule has 0 radical (unpaired) electrons. The van der Waals surface area contributed by atoms with Gasteiger partial charge >= 0.3 is 6.09 Å².